The van der Waals surface area contributed by atoms with E-state index in [1.807, 2.05) is 6.92 Å². The van der Waals surface area contributed by atoms with Crippen molar-refractivity contribution in [1.29, 1.82) is 0 Å². The first-order chi connectivity index (χ1) is 7.19. The van der Waals surface area contributed by atoms with Gasteiger partial charge < -0.3 is 5.32 Å². The van der Waals surface area contributed by atoms with Gasteiger partial charge in [-0.05, 0) is 12.8 Å². The first-order valence-corrected chi connectivity index (χ1v) is 4.74. The number of halogens is 1. The van der Waals surface area contributed by atoms with Crippen LogP contribution in [0.25, 0.3) is 5.65 Å². The van der Waals surface area contributed by atoms with Crippen LogP contribution in [0.5, 0.6) is 0 Å². The molecule has 0 aliphatic heterocycles. The zero-order valence-electron chi connectivity index (χ0n) is 8.37. The van der Waals surface area contributed by atoms with E-state index in [0.29, 0.717) is 22.3 Å². The second-order valence-corrected chi connectivity index (χ2v) is 3.41. The Morgan fingerprint density at radius 1 is 1.60 bits per heavy atom. The summed E-state index contributed by atoms with van der Waals surface area (Å²) in [4.78, 5) is 8.40. The minimum Gasteiger partial charge on any atom is -0.370 e. The van der Waals surface area contributed by atoms with Crippen molar-refractivity contribution in [1.82, 2.24) is 14.4 Å². The topological polar surface area (TPSA) is 42.2 Å². The Balaban J connectivity index is 2.94. The van der Waals surface area contributed by atoms with E-state index >= 15 is 0 Å². The van der Waals surface area contributed by atoms with Crippen LogP contribution in [0.15, 0.2) is 6.20 Å². The van der Waals surface area contributed by atoms with Crippen LogP contribution in [-0.2, 0) is 0 Å². The van der Waals surface area contributed by atoms with Crippen LogP contribution in [0.1, 0.15) is 11.4 Å². The monoisotopic (exact) mass is 220 g/mol. The summed E-state index contributed by atoms with van der Waals surface area (Å²) in [6.07, 6.45) is 7.05. The Hall–Kier alpha value is -1.73. The van der Waals surface area contributed by atoms with E-state index in [2.05, 4.69) is 21.2 Å². The lowest BCUT2D eigenvalue weighted by atomic mass is 10.4. The number of aromatic nitrogens is 3. The fraction of sp³-hybridized carbons (Fsp3) is 0.200. The second kappa shape index (κ2) is 3.44. The van der Waals surface area contributed by atoms with Crippen molar-refractivity contribution in [3.8, 4) is 12.3 Å². The van der Waals surface area contributed by atoms with Gasteiger partial charge in [0.2, 0.25) is 0 Å². The lowest BCUT2D eigenvalue weighted by molar-refractivity contribution is 1.06. The summed E-state index contributed by atoms with van der Waals surface area (Å²) in [6, 6.07) is 0. The number of imidazole rings is 1. The van der Waals surface area contributed by atoms with Gasteiger partial charge in [0.1, 0.15) is 5.15 Å². The normalized spacial score (nSPS) is 10.3. The molecule has 0 spiro atoms. The lowest BCUT2D eigenvalue weighted by Gasteiger charge is -2.06. The van der Waals surface area contributed by atoms with Crippen LogP contribution in [0.4, 0.5) is 5.82 Å². The second-order valence-electron chi connectivity index (χ2n) is 3.05. The molecule has 0 unspecified atom stereocenters. The Kier molecular flexibility index (Phi) is 2.25. The molecule has 0 aliphatic rings. The summed E-state index contributed by atoms with van der Waals surface area (Å²) in [5.74, 6) is 3.07. The maximum Gasteiger partial charge on any atom is 0.181 e. The minimum absolute atomic E-state index is 0.412. The van der Waals surface area contributed by atoms with E-state index in [1.165, 1.54) is 0 Å². The van der Waals surface area contributed by atoms with Crippen molar-refractivity contribution in [2.45, 2.75) is 6.92 Å². The number of anilines is 1. The first-order valence-electron chi connectivity index (χ1n) is 4.37. The minimum atomic E-state index is 0.412. The van der Waals surface area contributed by atoms with Crippen molar-refractivity contribution >= 4 is 23.1 Å². The van der Waals surface area contributed by atoms with E-state index in [1.54, 1.807) is 17.6 Å². The quantitative estimate of drug-likeness (QED) is 0.744. The highest BCUT2D eigenvalue weighted by Gasteiger charge is 2.12. The fourth-order valence-corrected chi connectivity index (χ4v) is 1.74. The van der Waals surface area contributed by atoms with Gasteiger partial charge in [0.05, 0.1) is 0 Å². The molecule has 4 nitrogen and oxygen atoms in total. The molecule has 0 aromatic carbocycles. The number of fused-ring (bicyclic) bond motifs is 1. The van der Waals surface area contributed by atoms with Gasteiger partial charge in [-0.3, -0.25) is 4.40 Å². The summed E-state index contributed by atoms with van der Waals surface area (Å²) in [6.45, 7) is 1.91. The number of rotatable bonds is 1. The predicted octanol–water partition coefficient (Wildman–Crippen LogP) is 1.71. The van der Waals surface area contributed by atoms with Gasteiger partial charge >= 0.3 is 0 Å². The summed E-state index contributed by atoms with van der Waals surface area (Å²) in [7, 11) is 1.76. The molecule has 2 heterocycles. The standard InChI is InChI=1S/C10H9ClN4/c1-4-7-8(11)15-6(2)5-13-10(15)9(12-3)14-7/h1,5H,2-3H3,(H,12,14). The Bertz CT molecular complexity index is 565. The highest BCUT2D eigenvalue weighted by molar-refractivity contribution is 6.30. The molecule has 0 aliphatic carbocycles. The molecule has 5 heteroatoms. The van der Waals surface area contributed by atoms with Gasteiger partial charge in [0, 0.05) is 18.9 Å². The van der Waals surface area contributed by atoms with Crippen molar-refractivity contribution in [3.63, 3.8) is 0 Å². The summed E-state index contributed by atoms with van der Waals surface area (Å²) >= 11 is 6.11. The van der Waals surface area contributed by atoms with Crippen LogP contribution in [-0.4, -0.2) is 21.4 Å². The van der Waals surface area contributed by atoms with Gasteiger partial charge in [0.15, 0.2) is 17.2 Å². The molecule has 0 bridgehead atoms. The van der Waals surface area contributed by atoms with E-state index < -0.39 is 0 Å². The predicted molar refractivity (Wildman–Crippen MR) is 60.2 cm³/mol. The van der Waals surface area contributed by atoms with Gasteiger partial charge in [-0.2, -0.15) is 0 Å². The maximum atomic E-state index is 6.11. The number of nitrogens with one attached hydrogen (secondary N) is 1. The SMILES string of the molecule is C#Cc1nc(NC)c2ncc(C)n2c1Cl. The molecular weight excluding hydrogens is 212 g/mol. The molecule has 0 fully saturated rings. The van der Waals surface area contributed by atoms with Gasteiger partial charge in [-0.1, -0.05) is 11.6 Å². The summed E-state index contributed by atoms with van der Waals surface area (Å²) < 4.78 is 1.77. The molecule has 0 radical (unpaired) electrons. The third-order valence-electron chi connectivity index (χ3n) is 2.14. The van der Waals surface area contributed by atoms with E-state index in [0.717, 1.165) is 5.69 Å². The largest absolute Gasteiger partial charge is 0.370 e. The van der Waals surface area contributed by atoms with Crippen molar-refractivity contribution < 1.29 is 0 Å². The van der Waals surface area contributed by atoms with Gasteiger partial charge in [-0.25, -0.2) is 9.97 Å². The molecule has 15 heavy (non-hydrogen) atoms. The van der Waals surface area contributed by atoms with Crippen molar-refractivity contribution in [2.24, 2.45) is 0 Å². The molecule has 1 N–H and O–H groups in total. The van der Waals surface area contributed by atoms with Crippen molar-refractivity contribution in [3.05, 3.63) is 22.7 Å². The van der Waals surface area contributed by atoms with Crippen molar-refractivity contribution in [2.75, 3.05) is 12.4 Å². The Morgan fingerprint density at radius 3 is 2.93 bits per heavy atom. The van der Waals surface area contributed by atoms with E-state index in [9.17, 15) is 0 Å². The van der Waals surface area contributed by atoms with Crippen LogP contribution < -0.4 is 5.32 Å². The molecule has 0 amide bonds. The number of terminal acetylenes is 1. The van der Waals surface area contributed by atoms with Gasteiger partial charge in [-0.15, -0.1) is 6.42 Å². The third-order valence-corrected chi connectivity index (χ3v) is 2.49. The summed E-state index contributed by atoms with van der Waals surface area (Å²) in [5, 5.41) is 3.35. The van der Waals surface area contributed by atoms with Gasteiger partial charge in [0.25, 0.3) is 0 Å². The number of aryl methyl sites for hydroxylation is 1. The first kappa shape index (κ1) is 9.81. The molecule has 0 saturated heterocycles. The molecule has 2 aromatic rings. The van der Waals surface area contributed by atoms with E-state index in [4.69, 9.17) is 18.0 Å². The average Bonchev–Trinajstić information content (AvgIpc) is 2.62. The number of hydrogen-bond acceptors (Lipinski definition) is 3. The number of nitrogens with zero attached hydrogens (tertiary/aromatic N) is 3. The molecule has 2 aromatic heterocycles. The highest BCUT2D eigenvalue weighted by atomic mass is 35.5. The van der Waals surface area contributed by atoms with Crippen LogP contribution in [0.2, 0.25) is 5.15 Å². The lowest BCUT2D eigenvalue weighted by Crippen LogP contribution is -2.02. The molecule has 76 valence electrons. The molecular formula is C10H9ClN4. The average molecular weight is 221 g/mol. The Morgan fingerprint density at radius 2 is 2.33 bits per heavy atom. The van der Waals surface area contributed by atoms with Crippen LogP contribution in [0.3, 0.4) is 0 Å². The smallest absolute Gasteiger partial charge is 0.181 e. The molecule has 0 saturated carbocycles. The molecule has 2 rings (SSSR count). The fourth-order valence-electron chi connectivity index (χ4n) is 1.43. The highest BCUT2D eigenvalue weighted by Crippen LogP contribution is 2.22. The Labute approximate surface area is 92.3 Å². The zero-order valence-corrected chi connectivity index (χ0v) is 9.13. The number of hydrogen-bond donors (Lipinski definition) is 1. The van der Waals surface area contributed by atoms with Crippen LogP contribution >= 0.6 is 11.6 Å². The molecule has 0 atom stereocenters. The van der Waals surface area contributed by atoms with Crippen LogP contribution in [0, 0.1) is 19.3 Å². The third kappa shape index (κ3) is 1.32. The maximum absolute atomic E-state index is 6.11. The summed E-state index contributed by atoms with van der Waals surface area (Å²) in [5.41, 5.74) is 2.01. The zero-order chi connectivity index (χ0) is 11.0. The van der Waals surface area contributed by atoms with E-state index in [-0.39, 0.29) is 0 Å².